The lowest BCUT2D eigenvalue weighted by atomic mass is 10.0. The van der Waals surface area contributed by atoms with E-state index >= 15 is 0 Å². The van der Waals surface area contributed by atoms with Gasteiger partial charge in [-0.15, -0.1) is 0 Å². The Morgan fingerprint density at radius 2 is 1.78 bits per heavy atom. The summed E-state index contributed by atoms with van der Waals surface area (Å²) in [4.78, 5) is 27.6. The van der Waals surface area contributed by atoms with Gasteiger partial charge in [-0.1, -0.05) is 51.1 Å². The minimum absolute atomic E-state index is 0.0482. The number of nitrogens with one attached hydrogen (secondary N) is 1. The van der Waals surface area contributed by atoms with E-state index in [1.165, 1.54) is 5.56 Å². The number of aryl methyl sites for hydroxylation is 1. The van der Waals surface area contributed by atoms with Gasteiger partial charge in [0, 0.05) is 12.6 Å². The molecule has 0 aromatic heterocycles. The number of rotatable bonds is 10. The third-order valence-electron chi connectivity index (χ3n) is 5.74. The van der Waals surface area contributed by atoms with Crippen LogP contribution in [-0.2, 0) is 16.1 Å². The molecule has 1 N–H and O–H groups in total. The lowest BCUT2D eigenvalue weighted by Gasteiger charge is -2.30. The first kappa shape index (κ1) is 25.9. The van der Waals surface area contributed by atoms with E-state index < -0.39 is 6.04 Å². The molecule has 0 aliphatic heterocycles. The Labute approximate surface area is 200 Å². The highest BCUT2D eigenvalue weighted by Crippen LogP contribution is 2.29. The second-order valence-corrected chi connectivity index (χ2v) is 9.43. The van der Waals surface area contributed by atoms with Crippen molar-refractivity contribution in [3.8, 4) is 5.75 Å². The molecule has 0 saturated heterocycles. The van der Waals surface area contributed by atoms with Gasteiger partial charge in [0.15, 0.2) is 6.61 Å². The summed E-state index contributed by atoms with van der Waals surface area (Å²) in [6.45, 7) is 12.2. The lowest BCUT2D eigenvalue weighted by molar-refractivity contribution is -0.142. The van der Waals surface area contributed by atoms with Crippen molar-refractivity contribution in [1.29, 1.82) is 0 Å². The Morgan fingerprint density at radius 1 is 1.09 bits per heavy atom. The van der Waals surface area contributed by atoms with Crippen molar-refractivity contribution >= 4 is 27.7 Å². The van der Waals surface area contributed by atoms with Gasteiger partial charge in [0.05, 0.1) is 4.47 Å². The molecule has 0 unspecified atom stereocenters. The third-order valence-corrected chi connectivity index (χ3v) is 6.36. The first-order valence-electron chi connectivity index (χ1n) is 11.2. The van der Waals surface area contributed by atoms with Crippen LogP contribution >= 0.6 is 15.9 Å². The molecule has 6 heteroatoms. The second-order valence-electron chi connectivity index (χ2n) is 8.58. The number of carbonyl (C=O) groups is 2. The van der Waals surface area contributed by atoms with E-state index in [9.17, 15) is 9.59 Å². The molecule has 0 aliphatic carbocycles. The number of hydrogen-bond donors (Lipinski definition) is 1. The van der Waals surface area contributed by atoms with Crippen molar-refractivity contribution in [2.45, 2.75) is 72.5 Å². The van der Waals surface area contributed by atoms with Crippen LogP contribution in [0.4, 0.5) is 0 Å². The minimum Gasteiger partial charge on any atom is -0.483 e. The molecule has 174 valence electrons. The molecule has 0 spiro atoms. The summed E-state index contributed by atoms with van der Waals surface area (Å²) in [6, 6.07) is 13.2. The molecule has 2 atom stereocenters. The van der Waals surface area contributed by atoms with Crippen molar-refractivity contribution in [2.75, 3.05) is 6.61 Å². The number of carbonyl (C=O) groups excluding carboxylic acids is 2. The molecule has 0 heterocycles. The molecule has 2 amide bonds. The number of halogens is 1. The van der Waals surface area contributed by atoms with Gasteiger partial charge in [0.25, 0.3) is 5.91 Å². The topological polar surface area (TPSA) is 58.6 Å². The highest BCUT2D eigenvalue weighted by Gasteiger charge is 2.27. The number of amides is 2. The average Bonchev–Trinajstić information content (AvgIpc) is 2.76. The summed E-state index contributed by atoms with van der Waals surface area (Å²) in [6.07, 6.45) is 0.827. The maximum Gasteiger partial charge on any atom is 0.261 e. The molecular weight excluding hydrogens is 468 g/mol. The second kappa shape index (κ2) is 12.0. The summed E-state index contributed by atoms with van der Waals surface area (Å²) < 4.78 is 6.65. The van der Waals surface area contributed by atoms with E-state index in [0.29, 0.717) is 18.2 Å². The maximum absolute atomic E-state index is 13.2. The van der Waals surface area contributed by atoms with Gasteiger partial charge in [0.2, 0.25) is 5.91 Å². The van der Waals surface area contributed by atoms with Crippen LogP contribution < -0.4 is 10.1 Å². The smallest absolute Gasteiger partial charge is 0.261 e. The van der Waals surface area contributed by atoms with Gasteiger partial charge >= 0.3 is 0 Å². The monoisotopic (exact) mass is 502 g/mol. The zero-order valence-corrected chi connectivity index (χ0v) is 21.5. The molecular formula is C26H35BrN2O3. The van der Waals surface area contributed by atoms with Gasteiger partial charge in [-0.25, -0.2) is 0 Å². The molecule has 2 rings (SSSR count). The molecule has 0 aliphatic rings. The Morgan fingerprint density at radius 3 is 2.38 bits per heavy atom. The van der Waals surface area contributed by atoms with Crippen molar-refractivity contribution in [3.05, 3.63) is 63.6 Å². The predicted octanol–water partition coefficient (Wildman–Crippen LogP) is 5.59. The highest BCUT2D eigenvalue weighted by molar-refractivity contribution is 9.10. The van der Waals surface area contributed by atoms with E-state index in [4.69, 9.17) is 4.74 Å². The largest absolute Gasteiger partial charge is 0.483 e. The molecule has 2 aromatic carbocycles. The van der Waals surface area contributed by atoms with Crippen LogP contribution in [0.1, 0.15) is 63.6 Å². The minimum atomic E-state index is -0.619. The van der Waals surface area contributed by atoms with Crippen LogP contribution in [0.2, 0.25) is 0 Å². The third kappa shape index (κ3) is 7.09. The molecule has 0 bridgehead atoms. The fourth-order valence-electron chi connectivity index (χ4n) is 3.23. The van der Waals surface area contributed by atoms with E-state index in [1.54, 1.807) is 11.8 Å². The Kier molecular flexibility index (Phi) is 9.76. The number of ether oxygens (including phenoxy) is 1. The van der Waals surface area contributed by atoms with Crippen molar-refractivity contribution in [2.24, 2.45) is 0 Å². The van der Waals surface area contributed by atoms with E-state index in [2.05, 4.69) is 35.1 Å². The van der Waals surface area contributed by atoms with Crippen LogP contribution in [0.15, 0.2) is 46.9 Å². The first-order chi connectivity index (χ1) is 15.1. The summed E-state index contributed by atoms with van der Waals surface area (Å²) in [7, 11) is 0. The summed E-state index contributed by atoms with van der Waals surface area (Å²) >= 11 is 3.54. The summed E-state index contributed by atoms with van der Waals surface area (Å²) in [5.41, 5.74) is 3.27. The van der Waals surface area contributed by atoms with Gasteiger partial charge in [-0.05, 0) is 77.9 Å². The average molecular weight is 503 g/mol. The quantitative estimate of drug-likeness (QED) is 0.460. The Bertz CT molecular complexity index is 929. The SMILES string of the molecule is CC[C@H](C)NC(=O)[C@@H](C)N(Cc1ccccc1C)C(=O)COc1ccc(C(C)C)cc1Br. The zero-order chi connectivity index (χ0) is 23.8. The van der Waals surface area contributed by atoms with Crippen molar-refractivity contribution in [3.63, 3.8) is 0 Å². The van der Waals surface area contributed by atoms with Crippen molar-refractivity contribution in [1.82, 2.24) is 10.2 Å². The molecule has 0 radical (unpaired) electrons. The molecule has 32 heavy (non-hydrogen) atoms. The Hall–Kier alpha value is -2.34. The number of hydrogen-bond acceptors (Lipinski definition) is 3. The van der Waals surface area contributed by atoms with E-state index in [-0.39, 0.29) is 24.5 Å². The fourth-order valence-corrected chi connectivity index (χ4v) is 3.75. The molecule has 0 saturated carbocycles. The first-order valence-corrected chi connectivity index (χ1v) is 12.0. The number of benzene rings is 2. The fraction of sp³-hybridized carbons (Fsp3) is 0.462. The standard InChI is InChI=1S/C26H35BrN2O3/c1-7-19(5)28-26(31)20(6)29(15-22-11-9-8-10-18(22)4)25(30)16-32-24-13-12-21(17(2)3)14-23(24)27/h8-14,17,19-20H,7,15-16H2,1-6H3,(H,28,31)/t19-,20+/m0/s1. The van der Waals surface area contributed by atoms with Crippen LogP contribution in [0.5, 0.6) is 5.75 Å². The molecule has 0 fully saturated rings. The highest BCUT2D eigenvalue weighted by atomic mass is 79.9. The molecule has 2 aromatic rings. The summed E-state index contributed by atoms with van der Waals surface area (Å²) in [5.74, 6) is 0.607. The van der Waals surface area contributed by atoms with Crippen molar-refractivity contribution < 1.29 is 14.3 Å². The lowest BCUT2D eigenvalue weighted by Crippen LogP contribution is -2.50. The summed E-state index contributed by atoms with van der Waals surface area (Å²) in [5, 5.41) is 2.98. The zero-order valence-electron chi connectivity index (χ0n) is 19.9. The van der Waals surface area contributed by atoms with Gasteiger partial charge < -0.3 is 15.0 Å². The Balaban J connectivity index is 2.19. The van der Waals surface area contributed by atoms with E-state index in [0.717, 1.165) is 22.0 Å². The van der Waals surface area contributed by atoms with Gasteiger partial charge in [0.1, 0.15) is 11.8 Å². The van der Waals surface area contributed by atoms with Crippen LogP contribution in [0, 0.1) is 6.92 Å². The van der Waals surface area contributed by atoms with Crippen LogP contribution in [0.25, 0.3) is 0 Å². The van der Waals surface area contributed by atoms with Gasteiger partial charge in [-0.3, -0.25) is 9.59 Å². The normalized spacial score (nSPS) is 12.9. The van der Waals surface area contributed by atoms with Crippen LogP contribution in [0.3, 0.4) is 0 Å². The van der Waals surface area contributed by atoms with E-state index in [1.807, 2.05) is 63.2 Å². The molecule has 5 nitrogen and oxygen atoms in total. The van der Waals surface area contributed by atoms with Crippen LogP contribution in [-0.4, -0.2) is 35.4 Å². The predicted molar refractivity (Wildman–Crippen MR) is 133 cm³/mol. The maximum atomic E-state index is 13.2. The van der Waals surface area contributed by atoms with Gasteiger partial charge in [-0.2, -0.15) is 0 Å². The number of nitrogens with zero attached hydrogens (tertiary/aromatic N) is 1.